The van der Waals surface area contributed by atoms with Gasteiger partial charge in [0.15, 0.2) is 5.16 Å². The van der Waals surface area contributed by atoms with E-state index in [9.17, 15) is 18.0 Å². The molecule has 1 aliphatic heterocycles. The number of carbonyl (C=O) groups is 1. The number of nitrogens with zero attached hydrogens (tertiary/aromatic N) is 3. The molecule has 1 aromatic heterocycles. The van der Waals surface area contributed by atoms with E-state index in [1.165, 1.54) is 36.0 Å². The van der Waals surface area contributed by atoms with Crippen molar-refractivity contribution < 1.29 is 22.7 Å². The fourth-order valence-corrected chi connectivity index (χ4v) is 5.24. The molecule has 0 bridgehead atoms. The van der Waals surface area contributed by atoms with Gasteiger partial charge in [-0.1, -0.05) is 58.0 Å². The predicted octanol–water partition coefficient (Wildman–Crippen LogP) is 6.88. The fourth-order valence-electron chi connectivity index (χ4n) is 4.11. The third kappa shape index (κ3) is 5.29. The van der Waals surface area contributed by atoms with Crippen molar-refractivity contribution in [2.24, 2.45) is 0 Å². The number of halogens is 4. The molecule has 1 amide bonds. The van der Waals surface area contributed by atoms with Gasteiger partial charge < -0.3 is 9.64 Å². The molecular weight excluding hydrogens is 555 g/mol. The number of ether oxygens (including phenoxy) is 1. The third-order valence-corrected chi connectivity index (χ3v) is 7.18. The number of alkyl halides is 3. The van der Waals surface area contributed by atoms with Crippen LogP contribution in [0.3, 0.4) is 0 Å². The molecule has 0 atom stereocenters. The van der Waals surface area contributed by atoms with E-state index in [1.54, 1.807) is 11.1 Å². The Balaban J connectivity index is 1.43. The summed E-state index contributed by atoms with van der Waals surface area (Å²) < 4.78 is 44.6. The van der Waals surface area contributed by atoms with Gasteiger partial charge in [0, 0.05) is 28.0 Å². The average molecular weight is 574 g/mol. The monoisotopic (exact) mass is 573 g/mol. The number of fused-ring (bicyclic) bond motifs is 1. The maximum atomic E-state index is 13.1. The molecule has 0 aliphatic carbocycles. The van der Waals surface area contributed by atoms with Gasteiger partial charge >= 0.3 is 6.36 Å². The van der Waals surface area contributed by atoms with Crippen molar-refractivity contribution in [3.63, 3.8) is 0 Å². The Bertz CT molecular complexity index is 1390. The molecule has 5 rings (SSSR count). The normalized spacial score (nSPS) is 13.1. The molecule has 0 saturated heterocycles. The van der Waals surface area contributed by atoms with Crippen LogP contribution in [0.15, 0.2) is 88.6 Å². The number of aromatic nitrogens is 2. The van der Waals surface area contributed by atoms with Crippen LogP contribution in [-0.2, 0) is 11.2 Å². The molecule has 0 fully saturated rings. The zero-order chi connectivity index (χ0) is 25.3. The molecule has 0 spiro atoms. The van der Waals surface area contributed by atoms with Gasteiger partial charge in [0.05, 0.1) is 17.6 Å². The van der Waals surface area contributed by atoms with E-state index in [2.05, 4.69) is 25.7 Å². The van der Waals surface area contributed by atoms with Gasteiger partial charge in [0.1, 0.15) is 5.75 Å². The average Bonchev–Trinajstić information content (AvgIpc) is 3.47. The van der Waals surface area contributed by atoms with Crippen LogP contribution >= 0.6 is 27.7 Å². The zero-order valence-electron chi connectivity index (χ0n) is 18.7. The highest BCUT2D eigenvalue weighted by Gasteiger charge is 2.31. The lowest BCUT2D eigenvalue weighted by Crippen LogP contribution is -2.30. The second-order valence-electron chi connectivity index (χ2n) is 8.02. The lowest BCUT2D eigenvalue weighted by Gasteiger charge is -2.17. The standard InChI is InChI=1S/C26H19BrF3N3O2S/c27-19-7-5-18(6-8-19)23-15-31-25(33(23)20-9-11-21(12-10-20)35-26(28,29)30)36-16-24(34)32-14-13-17-3-1-2-4-22(17)32/h1-12,15H,13-14,16H2. The zero-order valence-corrected chi connectivity index (χ0v) is 21.1. The van der Waals surface area contributed by atoms with Gasteiger partial charge in [-0.2, -0.15) is 0 Å². The Kier molecular flexibility index (Phi) is 6.81. The van der Waals surface area contributed by atoms with Gasteiger partial charge in [-0.05, 0) is 54.4 Å². The molecule has 0 radical (unpaired) electrons. The first kappa shape index (κ1) is 24.5. The highest BCUT2D eigenvalue weighted by molar-refractivity contribution is 9.10. The molecular formula is C26H19BrF3N3O2S. The maximum absolute atomic E-state index is 13.1. The van der Waals surface area contributed by atoms with Gasteiger partial charge in [0.2, 0.25) is 5.91 Å². The number of para-hydroxylation sites is 1. The number of imidazole rings is 1. The first-order chi connectivity index (χ1) is 17.3. The number of rotatable bonds is 6. The van der Waals surface area contributed by atoms with Crippen LogP contribution in [-0.4, -0.2) is 34.1 Å². The number of carbonyl (C=O) groups excluding carboxylic acids is 1. The van der Waals surface area contributed by atoms with E-state index < -0.39 is 6.36 Å². The fraction of sp³-hybridized carbons (Fsp3) is 0.154. The van der Waals surface area contributed by atoms with E-state index in [1.807, 2.05) is 53.1 Å². The Morgan fingerprint density at radius 1 is 1.03 bits per heavy atom. The van der Waals surface area contributed by atoms with Crippen molar-refractivity contribution in [2.75, 3.05) is 17.2 Å². The molecule has 5 nitrogen and oxygen atoms in total. The van der Waals surface area contributed by atoms with E-state index in [0.29, 0.717) is 17.4 Å². The molecule has 0 unspecified atom stereocenters. The highest BCUT2D eigenvalue weighted by atomic mass is 79.9. The van der Waals surface area contributed by atoms with Crippen LogP contribution in [0.1, 0.15) is 5.56 Å². The van der Waals surface area contributed by atoms with Crippen LogP contribution in [0, 0.1) is 0 Å². The van der Waals surface area contributed by atoms with Gasteiger partial charge in [-0.15, -0.1) is 13.2 Å². The van der Waals surface area contributed by atoms with Crippen LogP contribution < -0.4 is 9.64 Å². The highest BCUT2D eigenvalue weighted by Crippen LogP contribution is 2.33. The molecule has 4 aromatic rings. The van der Waals surface area contributed by atoms with Crippen molar-refractivity contribution >= 4 is 39.3 Å². The minimum absolute atomic E-state index is 0.0291. The Morgan fingerprint density at radius 3 is 2.47 bits per heavy atom. The van der Waals surface area contributed by atoms with Crippen molar-refractivity contribution in [1.29, 1.82) is 0 Å². The summed E-state index contributed by atoms with van der Waals surface area (Å²) in [6.07, 6.45) is -2.25. The summed E-state index contributed by atoms with van der Waals surface area (Å²) >= 11 is 4.71. The quantitative estimate of drug-likeness (QED) is 0.236. The van der Waals surface area contributed by atoms with Crippen molar-refractivity contribution in [2.45, 2.75) is 17.9 Å². The topological polar surface area (TPSA) is 47.4 Å². The molecule has 1 aliphatic rings. The van der Waals surface area contributed by atoms with Crippen molar-refractivity contribution in [1.82, 2.24) is 9.55 Å². The van der Waals surface area contributed by atoms with Gasteiger partial charge in [0.25, 0.3) is 0 Å². The number of hydrogen-bond donors (Lipinski definition) is 0. The van der Waals surface area contributed by atoms with Crippen LogP contribution in [0.5, 0.6) is 5.75 Å². The Hall–Kier alpha value is -3.24. The summed E-state index contributed by atoms with van der Waals surface area (Å²) in [5, 5.41) is 0.554. The smallest absolute Gasteiger partial charge is 0.406 e. The molecule has 0 saturated carbocycles. The molecule has 10 heteroatoms. The molecule has 0 N–H and O–H groups in total. The largest absolute Gasteiger partial charge is 0.573 e. The molecule has 2 heterocycles. The van der Waals surface area contributed by atoms with Crippen molar-refractivity contribution in [3.8, 4) is 22.7 Å². The number of anilines is 1. The van der Waals surface area contributed by atoms with Crippen LogP contribution in [0.25, 0.3) is 16.9 Å². The van der Waals surface area contributed by atoms with Crippen LogP contribution in [0.2, 0.25) is 0 Å². The summed E-state index contributed by atoms with van der Waals surface area (Å²) in [4.78, 5) is 19.4. The van der Waals surface area contributed by atoms with Crippen molar-refractivity contribution in [3.05, 3.63) is 89.0 Å². The van der Waals surface area contributed by atoms with Crippen LogP contribution in [0.4, 0.5) is 18.9 Å². The summed E-state index contributed by atoms with van der Waals surface area (Å²) in [5.74, 6) is -0.173. The molecule has 36 heavy (non-hydrogen) atoms. The molecule has 184 valence electrons. The van der Waals surface area contributed by atoms with E-state index in [-0.39, 0.29) is 17.4 Å². The number of thioether (sulfide) groups is 1. The second-order valence-corrected chi connectivity index (χ2v) is 9.88. The Labute approximate surface area is 218 Å². The number of amides is 1. The Morgan fingerprint density at radius 2 is 1.75 bits per heavy atom. The lowest BCUT2D eigenvalue weighted by molar-refractivity contribution is -0.274. The van der Waals surface area contributed by atoms with Gasteiger partial charge in [-0.3, -0.25) is 9.36 Å². The minimum atomic E-state index is -4.77. The van der Waals surface area contributed by atoms with E-state index in [0.717, 1.165) is 33.4 Å². The van der Waals surface area contributed by atoms with E-state index in [4.69, 9.17) is 0 Å². The minimum Gasteiger partial charge on any atom is -0.406 e. The first-order valence-electron chi connectivity index (χ1n) is 11.0. The predicted molar refractivity (Wildman–Crippen MR) is 137 cm³/mol. The maximum Gasteiger partial charge on any atom is 0.573 e. The second kappa shape index (κ2) is 10.0. The number of hydrogen-bond acceptors (Lipinski definition) is 4. The summed E-state index contributed by atoms with van der Waals surface area (Å²) in [6.45, 7) is 0.637. The first-order valence-corrected chi connectivity index (χ1v) is 12.8. The van der Waals surface area contributed by atoms with E-state index >= 15 is 0 Å². The summed E-state index contributed by atoms with van der Waals surface area (Å²) in [5.41, 5.74) is 4.29. The SMILES string of the molecule is O=C(CSc1ncc(-c2ccc(Br)cc2)n1-c1ccc(OC(F)(F)F)cc1)N1CCc2ccccc21. The lowest BCUT2D eigenvalue weighted by atomic mass is 10.1. The number of benzene rings is 3. The summed E-state index contributed by atoms with van der Waals surface area (Å²) in [7, 11) is 0. The molecule has 3 aromatic carbocycles. The summed E-state index contributed by atoms with van der Waals surface area (Å²) in [6, 6.07) is 21.1. The third-order valence-electron chi connectivity index (χ3n) is 5.71. The van der Waals surface area contributed by atoms with Gasteiger partial charge in [-0.25, -0.2) is 4.98 Å².